The number of hydrogen-bond donors (Lipinski definition) is 6. The highest BCUT2D eigenvalue weighted by Crippen LogP contribution is 2.47. The molecule has 0 aliphatic heterocycles. The van der Waals surface area contributed by atoms with Crippen LogP contribution in [0.4, 0.5) is 0 Å². The van der Waals surface area contributed by atoms with Gasteiger partial charge in [0.2, 0.25) is 0 Å². The number of rotatable bonds is 46. The zero-order chi connectivity index (χ0) is 49.2. The number of unbranched alkanes of at least 4 members (excludes halogenated alkanes) is 30. The Bertz CT molecular complexity index is 1270. The van der Waals surface area contributed by atoms with Crippen LogP contribution < -0.4 is 0 Å². The van der Waals surface area contributed by atoms with E-state index in [0.29, 0.717) is 12.8 Å². The van der Waals surface area contributed by atoms with Gasteiger partial charge in [0.1, 0.15) is 43.2 Å². The van der Waals surface area contributed by atoms with Crippen LogP contribution in [0.15, 0.2) is 24.3 Å². The van der Waals surface area contributed by atoms with Gasteiger partial charge in [-0.2, -0.15) is 0 Å². The summed E-state index contributed by atoms with van der Waals surface area (Å²) in [4.78, 5) is 35.9. The van der Waals surface area contributed by atoms with Gasteiger partial charge in [-0.25, -0.2) is 4.57 Å². The van der Waals surface area contributed by atoms with Gasteiger partial charge in [0.15, 0.2) is 6.10 Å². The second kappa shape index (κ2) is 43.1. The molecule has 8 atom stereocenters. The van der Waals surface area contributed by atoms with Crippen molar-refractivity contribution in [3.63, 3.8) is 0 Å². The van der Waals surface area contributed by atoms with E-state index in [-0.39, 0.29) is 12.8 Å². The van der Waals surface area contributed by atoms with E-state index in [9.17, 15) is 44.6 Å². The van der Waals surface area contributed by atoms with Crippen LogP contribution in [0.25, 0.3) is 0 Å². The van der Waals surface area contributed by atoms with E-state index in [2.05, 4.69) is 38.2 Å². The van der Waals surface area contributed by atoms with Gasteiger partial charge in [0, 0.05) is 12.8 Å². The quantitative estimate of drug-likeness (QED) is 0.0145. The summed E-state index contributed by atoms with van der Waals surface area (Å²) in [7, 11) is -5.12. The molecule has 0 aromatic heterocycles. The van der Waals surface area contributed by atoms with E-state index in [1.165, 1.54) is 148 Å². The molecule has 0 radical (unpaired) electrons. The van der Waals surface area contributed by atoms with Crippen molar-refractivity contribution in [2.45, 2.75) is 288 Å². The summed E-state index contributed by atoms with van der Waals surface area (Å²) < 4.78 is 33.7. The summed E-state index contributed by atoms with van der Waals surface area (Å²) in [5.41, 5.74) is 0. The Labute approximate surface area is 406 Å². The van der Waals surface area contributed by atoms with Gasteiger partial charge in [0.25, 0.3) is 0 Å². The van der Waals surface area contributed by atoms with Crippen molar-refractivity contribution in [2.75, 3.05) is 13.2 Å². The Balaban J connectivity index is 2.36. The van der Waals surface area contributed by atoms with E-state index < -0.39 is 75.7 Å². The van der Waals surface area contributed by atoms with Gasteiger partial charge in [-0.05, 0) is 44.9 Å². The number of carbonyl (C=O) groups excluding carboxylic acids is 2. The topological polar surface area (TPSA) is 210 Å². The molecule has 1 saturated carbocycles. The lowest BCUT2D eigenvalue weighted by molar-refractivity contribution is -0.220. The number of ether oxygens (including phenoxy) is 2. The first-order chi connectivity index (χ1) is 32.4. The highest BCUT2D eigenvalue weighted by molar-refractivity contribution is 7.47. The number of esters is 2. The molecule has 1 aliphatic carbocycles. The third-order valence-corrected chi connectivity index (χ3v) is 13.8. The van der Waals surface area contributed by atoms with Gasteiger partial charge >= 0.3 is 19.8 Å². The van der Waals surface area contributed by atoms with Gasteiger partial charge in [-0.3, -0.25) is 18.6 Å². The molecular weight excluding hydrogens is 876 g/mol. The monoisotopic (exact) mass is 975 g/mol. The number of allylic oxidation sites excluding steroid dienone is 4. The van der Waals surface area contributed by atoms with Crippen LogP contribution in [-0.2, 0) is 32.7 Å². The Hall–Kier alpha value is -1.67. The molecule has 6 N–H and O–H groups in total. The molecule has 1 aliphatic rings. The minimum Gasteiger partial charge on any atom is -0.462 e. The first-order valence-electron chi connectivity index (χ1n) is 27.1. The Morgan fingerprint density at radius 2 is 0.806 bits per heavy atom. The number of carbonyl (C=O) groups is 2. The van der Waals surface area contributed by atoms with Crippen LogP contribution in [0, 0.1) is 0 Å². The fraction of sp³-hybridized carbons (Fsp3) is 0.887. The van der Waals surface area contributed by atoms with Gasteiger partial charge in [-0.1, -0.05) is 212 Å². The zero-order valence-corrected chi connectivity index (χ0v) is 43.1. The lowest BCUT2D eigenvalue weighted by atomic mass is 9.85. The van der Waals surface area contributed by atoms with E-state index >= 15 is 0 Å². The molecule has 0 spiro atoms. The predicted molar refractivity (Wildman–Crippen MR) is 267 cm³/mol. The van der Waals surface area contributed by atoms with Crippen molar-refractivity contribution in [3.8, 4) is 0 Å². The average Bonchev–Trinajstić information content (AvgIpc) is 3.31. The number of aliphatic hydroxyl groups is 5. The lowest BCUT2D eigenvalue weighted by Gasteiger charge is -2.41. The third kappa shape index (κ3) is 35.1. The van der Waals surface area contributed by atoms with Crippen molar-refractivity contribution in [1.29, 1.82) is 0 Å². The normalized spacial score (nSPS) is 21.3. The van der Waals surface area contributed by atoms with Crippen LogP contribution in [0.3, 0.4) is 0 Å². The Morgan fingerprint density at radius 3 is 1.24 bits per heavy atom. The van der Waals surface area contributed by atoms with Crippen molar-refractivity contribution < 1.29 is 63.1 Å². The van der Waals surface area contributed by atoms with Gasteiger partial charge < -0.3 is 39.9 Å². The van der Waals surface area contributed by atoms with Crippen molar-refractivity contribution in [2.24, 2.45) is 0 Å². The molecule has 6 unspecified atom stereocenters. The van der Waals surface area contributed by atoms with Crippen molar-refractivity contribution in [3.05, 3.63) is 24.3 Å². The summed E-state index contributed by atoms with van der Waals surface area (Å²) in [6, 6.07) is 0. The molecule has 0 bridgehead atoms. The molecule has 0 amide bonds. The summed E-state index contributed by atoms with van der Waals surface area (Å²) >= 11 is 0. The maximum Gasteiger partial charge on any atom is 0.472 e. The molecular formula is C53H99O13P. The summed E-state index contributed by atoms with van der Waals surface area (Å²) in [5.74, 6) is -1.09. The van der Waals surface area contributed by atoms with E-state index in [4.69, 9.17) is 18.5 Å². The maximum absolute atomic E-state index is 12.9. The van der Waals surface area contributed by atoms with Gasteiger partial charge in [-0.15, -0.1) is 0 Å². The van der Waals surface area contributed by atoms with Crippen LogP contribution in [-0.4, -0.2) is 98.3 Å². The van der Waals surface area contributed by atoms with Crippen molar-refractivity contribution >= 4 is 19.8 Å². The van der Waals surface area contributed by atoms with E-state index in [1.807, 2.05) is 0 Å². The summed E-state index contributed by atoms with van der Waals surface area (Å²) in [5, 5.41) is 50.3. The lowest BCUT2D eigenvalue weighted by Crippen LogP contribution is -2.64. The molecule has 0 aromatic carbocycles. The number of phosphoric acid groups is 1. The minimum absolute atomic E-state index is 0.0951. The third-order valence-electron chi connectivity index (χ3n) is 12.8. The number of hydrogen-bond acceptors (Lipinski definition) is 12. The van der Waals surface area contributed by atoms with Crippen LogP contribution in [0.1, 0.15) is 245 Å². The Kier molecular flexibility index (Phi) is 40.8. The number of aliphatic hydroxyl groups excluding tert-OH is 5. The minimum atomic E-state index is -5.12. The fourth-order valence-electron chi connectivity index (χ4n) is 8.44. The van der Waals surface area contributed by atoms with Crippen molar-refractivity contribution in [1.82, 2.24) is 0 Å². The first kappa shape index (κ1) is 63.3. The molecule has 14 heteroatoms. The molecule has 1 rings (SSSR count). The summed E-state index contributed by atoms with van der Waals surface area (Å²) in [6.07, 6.45) is 36.5. The second-order valence-electron chi connectivity index (χ2n) is 19.1. The smallest absolute Gasteiger partial charge is 0.462 e. The molecule has 13 nitrogen and oxygen atoms in total. The first-order valence-corrected chi connectivity index (χ1v) is 28.6. The van der Waals surface area contributed by atoms with E-state index in [0.717, 1.165) is 57.8 Å². The SMILES string of the molecule is CCCCC/C=C/C/C=C/CCCCCCCCCCCC(=O)O[C@@H](COC(=O)CCCCCCCCCCCCCCCCCCCCC)COP(=O)(O)OC1C(O)C(O)C(O)[C@H](O)C1O. The van der Waals surface area contributed by atoms with Crippen LogP contribution in [0.5, 0.6) is 0 Å². The highest BCUT2D eigenvalue weighted by Gasteiger charge is 2.51. The largest absolute Gasteiger partial charge is 0.472 e. The summed E-state index contributed by atoms with van der Waals surface area (Å²) in [6.45, 7) is 3.32. The standard InChI is InChI=1S/C53H99O13P/c1-3-5-7-9-11-13-15-17-19-21-23-25-27-29-31-33-35-37-39-41-46(54)63-43-45(44-64-67(61,62)66-53-51(59)49(57)48(56)50(58)52(53)60)65-47(55)42-40-38-36-34-32-30-28-26-24-22-20-18-16-14-12-10-8-6-4-2/h12,14,18,20,45,48-53,56-60H,3-11,13,15-17,19,21-44H2,1-2H3,(H,61,62)/b14-12+,20-18+/t45-,48?,49-,50?,51?,52?,53?/m0/s1. The van der Waals surface area contributed by atoms with E-state index in [1.54, 1.807) is 0 Å². The number of phosphoric ester groups is 1. The Morgan fingerprint density at radius 1 is 0.463 bits per heavy atom. The molecule has 0 heterocycles. The molecule has 0 aromatic rings. The molecule has 394 valence electrons. The second-order valence-corrected chi connectivity index (χ2v) is 20.5. The maximum atomic E-state index is 12.9. The molecule has 1 fully saturated rings. The van der Waals surface area contributed by atoms with Crippen LogP contribution >= 0.6 is 7.82 Å². The highest BCUT2D eigenvalue weighted by atomic mass is 31.2. The van der Waals surface area contributed by atoms with Gasteiger partial charge in [0.05, 0.1) is 6.61 Å². The van der Waals surface area contributed by atoms with Crippen LogP contribution in [0.2, 0.25) is 0 Å². The molecule has 67 heavy (non-hydrogen) atoms. The molecule has 0 saturated heterocycles. The fourth-order valence-corrected chi connectivity index (χ4v) is 9.41. The average molecular weight is 975 g/mol. The zero-order valence-electron chi connectivity index (χ0n) is 42.2. The predicted octanol–water partition coefficient (Wildman–Crippen LogP) is 12.0.